The fourth-order valence-electron chi connectivity index (χ4n) is 2.14. The fraction of sp³-hybridized carbons (Fsp3) is 1.00. The van der Waals surface area contributed by atoms with Gasteiger partial charge in [-0.25, -0.2) is 8.78 Å². The molecule has 0 fully saturated rings. The van der Waals surface area contributed by atoms with Crippen molar-refractivity contribution in [2.45, 2.75) is 53.6 Å². The van der Waals surface area contributed by atoms with Crippen molar-refractivity contribution >= 4 is 0 Å². The summed E-state index contributed by atoms with van der Waals surface area (Å²) in [5.41, 5.74) is -7.24. The normalized spacial score (nSPS) is 18.7. The number of aliphatic hydroxyl groups excluding tert-OH is 1. The monoisotopic (exact) mass is 276 g/mol. The van der Waals surface area contributed by atoms with Crippen molar-refractivity contribution in [2.75, 3.05) is 6.61 Å². The highest BCUT2D eigenvalue weighted by Gasteiger charge is 2.76. The molecule has 0 aliphatic carbocycles. The quantitative estimate of drug-likeness (QED) is 0.747. The highest BCUT2D eigenvalue weighted by molar-refractivity contribution is 5.09. The van der Waals surface area contributed by atoms with Gasteiger partial charge in [-0.05, 0) is 5.41 Å². The van der Waals surface area contributed by atoms with E-state index in [1.54, 1.807) is 0 Å². The summed E-state index contributed by atoms with van der Waals surface area (Å²) in [5, 5.41) is 9.15. The number of hydrogen-bond donors (Lipinski definition) is 1. The van der Waals surface area contributed by atoms with E-state index in [0.717, 1.165) is 41.5 Å². The lowest BCUT2D eigenvalue weighted by Crippen LogP contribution is -2.65. The molecule has 1 nitrogen and oxygen atoms in total. The Labute approximate surface area is 104 Å². The van der Waals surface area contributed by atoms with Gasteiger partial charge in [0, 0.05) is 5.41 Å². The van der Waals surface area contributed by atoms with E-state index in [2.05, 4.69) is 0 Å². The zero-order valence-corrected chi connectivity index (χ0v) is 11.5. The highest BCUT2D eigenvalue weighted by atomic mass is 19.4. The number of rotatable bonds is 2. The van der Waals surface area contributed by atoms with Gasteiger partial charge in [0.1, 0.15) is 0 Å². The van der Waals surface area contributed by atoms with Crippen LogP contribution in [0.1, 0.15) is 41.5 Å². The van der Waals surface area contributed by atoms with Gasteiger partial charge in [0.05, 0.1) is 6.61 Å². The molecule has 0 aromatic carbocycles. The third-order valence-electron chi connectivity index (χ3n) is 3.48. The van der Waals surface area contributed by atoms with Crippen LogP contribution in [-0.4, -0.2) is 23.8 Å². The summed E-state index contributed by atoms with van der Waals surface area (Å²) in [5.74, 6) is -4.11. The highest BCUT2D eigenvalue weighted by Crippen LogP contribution is 2.63. The van der Waals surface area contributed by atoms with Crippen LogP contribution in [0.2, 0.25) is 0 Å². The first-order valence-corrected chi connectivity index (χ1v) is 5.61. The van der Waals surface area contributed by atoms with Gasteiger partial charge >= 0.3 is 6.18 Å². The van der Waals surface area contributed by atoms with Gasteiger partial charge in [0.25, 0.3) is 5.92 Å². The van der Waals surface area contributed by atoms with Gasteiger partial charge in [-0.2, -0.15) is 13.2 Å². The van der Waals surface area contributed by atoms with Crippen LogP contribution >= 0.6 is 0 Å². The number of hydrogen-bond acceptors (Lipinski definition) is 1. The second-order valence-electron chi connectivity index (χ2n) is 6.64. The first kappa shape index (κ1) is 17.6. The maximum Gasteiger partial charge on any atom is 0.403 e. The minimum Gasteiger partial charge on any atom is -0.395 e. The van der Waals surface area contributed by atoms with Crippen LogP contribution in [0, 0.1) is 16.2 Å². The Morgan fingerprint density at radius 2 is 1.06 bits per heavy atom. The van der Waals surface area contributed by atoms with Crippen molar-refractivity contribution in [3.05, 3.63) is 0 Å². The number of aliphatic hydroxyl groups is 1. The van der Waals surface area contributed by atoms with E-state index in [0.29, 0.717) is 0 Å². The molecule has 0 saturated heterocycles. The number of halogens is 5. The van der Waals surface area contributed by atoms with E-state index in [4.69, 9.17) is 5.11 Å². The number of alkyl halides is 5. The van der Waals surface area contributed by atoms with Gasteiger partial charge < -0.3 is 5.11 Å². The standard InChI is InChI=1S/C12H21F5O/c1-8(2,3)10(7-18,12(15,16)17)11(13,14)9(4,5)6/h18H,7H2,1-6H3. The van der Waals surface area contributed by atoms with Gasteiger partial charge in [0.15, 0.2) is 5.41 Å². The van der Waals surface area contributed by atoms with Crippen LogP contribution in [0.3, 0.4) is 0 Å². The SMILES string of the molecule is CC(C)(C)C(F)(F)C(CO)(C(C)(C)C)C(F)(F)F. The van der Waals surface area contributed by atoms with Crippen molar-refractivity contribution in [3.8, 4) is 0 Å². The van der Waals surface area contributed by atoms with E-state index in [1.165, 1.54) is 0 Å². The summed E-state index contributed by atoms with van der Waals surface area (Å²) in [7, 11) is 0. The molecule has 18 heavy (non-hydrogen) atoms. The van der Waals surface area contributed by atoms with E-state index >= 15 is 0 Å². The van der Waals surface area contributed by atoms with E-state index < -0.39 is 35.0 Å². The van der Waals surface area contributed by atoms with Crippen molar-refractivity contribution in [2.24, 2.45) is 16.2 Å². The molecule has 0 spiro atoms. The van der Waals surface area contributed by atoms with E-state index in [-0.39, 0.29) is 0 Å². The first-order valence-electron chi connectivity index (χ1n) is 5.61. The Balaban J connectivity index is 6.27. The van der Waals surface area contributed by atoms with Crippen LogP contribution in [0.25, 0.3) is 0 Å². The summed E-state index contributed by atoms with van der Waals surface area (Å²) in [6, 6.07) is 0. The maximum absolute atomic E-state index is 14.4. The summed E-state index contributed by atoms with van der Waals surface area (Å²) in [6.45, 7) is 4.66. The molecule has 1 unspecified atom stereocenters. The molecule has 0 aliphatic heterocycles. The summed E-state index contributed by atoms with van der Waals surface area (Å²) in [6.07, 6.45) is -5.21. The molecular formula is C12H21F5O. The molecule has 1 atom stereocenters. The minimum atomic E-state index is -5.21. The lowest BCUT2D eigenvalue weighted by molar-refractivity contribution is -0.365. The summed E-state index contributed by atoms with van der Waals surface area (Å²) in [4.78, 5) is 0. The molecule has 0 amide bonds. The van der Waals surface area contributed by atoms with Crippen molar-refractivity contribution in [1.82, 2.24) is 0 Å². The van der Waals surface area contributed by atoms with Crippen molar-refractivity contribution in [1.29, 1.82) is 0 Å². The third kappa shape index (κ3) is 2.24. The van der Waals surface area contributed by atoms with Crippen LogP contribution in [-0.2, 0) is 0 Å². The maximum atomic E-state index is 14.4. The van der Waals surface area contributed by atoms with Gasteiger partial charge in [-0.15, -0.1) is 0 Å². The predicted octanol–water partition coefficient (Wildman–Crippen LogP) is 4.25. The summed E-state index contributed by atoms with van der Waals surface area (Å²) < 4.78 is 68.5. The lowest BCUT2D eigenvalue weighted by Gasteiger charge is -2.53. The van der Waals surface area contributed by atoms with Crippen molar-refractivity contribution < 1.29 is 27.1 Å². The van der Waals surface area contributed by atoms with E-state index in [1.807, 2.05) is 0 Å². The first-order chi connectivity index (χ1) is 7.56. The topological polar surface area (TPSA) is 20.2 Å². The predicted molar refractivity (Wildman–Crippen MR) is 59.4 cm³/mol. The molecule has 6 heteroatoms. The molecule has 0 aromatic rings. The van der Waals surface area contributed by atoms with Crippen LogP contribution in [0.4, 0.5) is 22.0 Å². The Morgan fingerprint density at radius 3 is 1.11 bits per heavy atom. The third-order valence-corrected chi connectivity index (χ3v) is 3.48. The van der Waals surface area contributed by atoms with Gasteiger partial charge in [-0.3, -0.25) is 0 Å². The molecule has 0 aliphatic rings. The van der Waals surface area contributed by atoms with Crippen molar-refractivity contribution in [3.63, 3.8) is 0 Å². The van der Waals surface area contributed by atoms with Gasteiger partial charge in [-0.1, -0.05) is 41.5 Å². The molecule has 0 rings (SSSR count). The average Bonchev–Trinajstić information content (AvgIpc) is 1.96. The smallest absolute Gasteiger partial charge is 0.395 e. The van der Waals surface area contributed by atoms with Crippen LogP contribution < -0.4 is 0 Å². The van der Waals surface area contributed by atoms with Crippen LogP contribution in [0.15, 0.2) is 0 Å². The molecule has 0 heterocycles. The van der Waals surface area contributed by atoms with Gasteiger partial charge in [0.2, 0.25) is 0 Å². The zero-order chi connectivity index (χ0) is 15.2. The molecule has 1 N–H and O–H groups in total. The molecule has 0 aromatic heterocycles. The van der Waals surface area contributed by atoms with Crippen LogP contribution in [0.5, 0.6) is 0 Å². The minimum absolute atomic E-state index is 1.04. The largest absolute Gasteiger partial charge is 0.403 e. The summed E-state index contributed by atoms with van der Waals surface area (Å²) >= 11 is 0. The second kappa shape index (κ2) is 4.32. The second-order valence-corrected chi connectivity index (χ2v) is 6.64. The lowest BCUT2D eigenvalue weighted by atomic mass is 9.57. The molecule has 0 bridgehead atoms. The Morgan fingerprint density at radius 1 is 0.722 bits per heavy atom. The Kier molecular flexibility index (Phi) is 4.23. The van der Waals surface area contributed by atoms with E-state index in [9.17, 15) is 22.0 Å². The zero-order valence-electron chi connectivity index (χ0n) is 11.5. The molecule has 0 radical (unpaired) electrons. The average molecular weight is 276 g/mol. The Bertz CT molecular complexity index is 279. The fourth-order valence-corrected chi connectivity index (χ4v) is 2.14. The molecule has 110 valence electrons. The molecule has 0 saturated carbocycles. The Hall–Kier alpha value is -0.390. The molecular weight excluding hydrogens is 255 g/mol.